The Morgan fingerprint density at radius 1 is 0.750 bits per heavy atom. The van der Waals surface area contributed by atoms with Crippen LogP contribution in [0.15, 0.2) is 0 Å². The zero-order valence-electron chi connectivity index (χ0n) is 17.9. The molecule has 0 fully saturated rings. The van der Waals surface area contributed by atoms with E-state index in [0.29, 0.717) is 0 Å². The standard InChI is InChI=1S/C22H42N2/c1-10-13-14-16-22(8,9)19-23-17(20(4,5)12-3)18(24-19)21(6,7)15-11-2/h10-16H2,1-9H3,(H,23,24). The normalized spacial score (nSPS) is 13.5. The molecule has 1 rings (SSSR count). The molecule has 1 heterocycles. The first-order valence-electron chi connectivity index (χ1n) is 10.1. The summed E-state index contributed by atoms with van der Waals surface area (Å²) in [6.07, 6.45) is 8.58. The van der Waals surface area contributed by atoms with Crippen LogP contribution >= 0.6 is 0 Å². The molecule has 0 unspecified atom stereocenters. The summed E-state index contributed by atoms with van der Waals surface area (Å²) < 4.78 is 0. The highest BCUT2D eigenvalue weighted by atomic mass is 15.0. The zero-order chi connectivity index (χ0) is 18.6. The van der Waals surface area contributed by atoms with Crippen LogP contribution in [0.1, 0.15) is 124 Å². The van der Waals surface area contributed by atoms with Crippen molar-refractivity contribution in [2.24, 2.45) is 0 Å². The highest BCUT2D eigenvalue weighted by Crippen LogP contribution is 2.39. The van der Waals surface area contributed by atoms with Crippen LogP contribution in [0.25, 0.3) is 0 Å². The average molecular weight is 335 g/mol. The van der Waals surface area contributed by atoms with Gasteiger partial charge >= 0.3 is 0 Å². The maximum absolute atomic E-state index is 5.20. The van der Waals surface area contributed by atoms with Crippen LogP contribution in [0.5, 0.6) is 0 Å². The summed E-state index contributed by atoms with van der Waals surface area (Å²) in [5.41, 5.74) is 3.06. The first-order chi connectivity index (χ1) is 11.0. The molecule has 0 aliphatic carbocycles. The van der Waals surface area contributed by atoms with Crippen molar-refractivity contribution in [1.82, 2.24) is 9.97 Å². The number of H-pyrrole nitrogens is 1. The van der Waals surface area contributed by atoms with Crippen molar-refractivity contribution in [3.05, 3.63) is 17.2 Å². The van der Waals surface area contributed by atoms with E-state index in [1.165, 1.54) is 55.7 Å². The van der Waals surface area contributed by atoms with E-state index >= 15 is 0 Å². The van der Waals surface area contributed by atoms with Gasteiger partial charge in [0.15, 0.2) is 0 Å². The fourth-order valence-electron chi connectivity index (χ4n) is 3.53. The van der Waals surface area contributed by atoms with Crippen molar-refractivity contribution in [3.63, 3.8) is 0 Å². The van der Waals surface area contributed by atoms with Crippen molar-refractivity contribution >= 4 is 0 Å². The molecule has 0 radical (unpaired) electrons. The molecular formula is C22H42N2. The smallest absolute Gasteiger partial charge is 0.112 e. The van der Waals surface area contributed by atoms with Crippen LogP contribution in [0, 0.1) is 0 Å². The topological polar surface area (TPSA) is 28.7 Å². The van der Waals surface area contributed by atoms with Gasteiger partial charge in [-0.2, -0.15) is 0 Å². The number of nitrogens with one attached hydrogen (secondary N) is 1. The number of unbranched alkanes of at least 4 members (excludes halogenated alkanes) is 2. The second-order valence-corrected chi connectivity index (χ2v) is 9.52. The monoisotopic (exact) mass is 334 g/mol. The summed E-state index contributed by atoms with van der Waals surface area (Å²) in [7, 11) is 0. The van der Waals surface area contributed by atoms with E-state index in [1.807, 2.05) is 0 Å². The Labute approximate surface area is 151 Å². The minimum atomic E-state index is 0.119. The molecule has 0 amide bonds. The summed E-state index contributed by atoms with van der Waals surface area (Å²) in [5.74, 6) is 1.19. The van der Waals surface area contributed by atoms with E-state index < -0.39 is 0 Å². The van der Waals surface area contributed by atoms with Crippen LogP contribution in [0.3, 0.4) is 0 Å². The summed E-state index contributed by atoms with van der Waals surface area (Å²) in [4.78, 5) is 9.00. The van der Waals surface area contributed by atoms with Crippen molar-refractivity contribution in [2.45, 2.75) is 124 Å². The molecule has 0 saturated carbocycles. The van der Waals surface area contributed by atoms with Crippen molar-refractivity contribution < 1.29 is 0 Å². The number of imidazole rings is 1. The van der Waals surface area contributed by atoms with Gasteiger partial charge in [-0.25, -0.2) is 4.98 Å². The van der Waals surface area contributed by atoms with Gasteiger partial charge in [-0.05, 0) is 19.3 Å². The minimum absolute atomic E-state index is 0.119. The predicted octanol–water partition coefficient (Wildman–Crippen LogP) is 7.03. The number of hydrogen-bond acceptors (Lipinski definition) is 1. The fourth-order valence-corrected chi connectivity index (χ4v) is 3.53. The maximum atomic E-state index is 5.20. The third-order valence-corrected chi connectivity index (χ3v) is 5.83. The molecule has 1 aromatic heterocycles. The number of nitrogens with zero attached hydrogens (tertiary/aromatic N) is 1. The van der Waals surface area contributed by atoms with Crippen LogP contribution in [0.2, 0.25) is 0 Å². The van der Waals surface area contributed by atoms with Gasteiger partial charge < -0.3 is 4.98 Å². The fraction of sp³-hybridized carbons (Fsp3) is 0.864. The van der Waals surface area contributed by atoms with E-state index in [1.54, 1.807) is 0 Å². The van der Waals surface area contributed by atoms with Crippen LogP contribution in [0.4, 0.5) is 0 Å². The number of rotatable bonds is 10. The SMILES string of the molecule is CCCCCC(C)(C)c1nc(C(C)(C)CC)c(C(C)(C)CCC)[nH]1. The van der Waals surface area contributed by atoms with E-state index in [-0.39, 0.29) is 16.2 Å². The van der Waals surface area contributed by atoms with Crippen LogP contribution in [-0.2, 0) is 16.2 Å². The molecule has 0 atom stereocenters. The third-order valence-electron chi connectivity index (χ3n) is 5.83. The summed E-state index contributed by atoms with van der Waals surface area (Å²) in [5, 5.41) is 0. The second kappa shape index (κ2) is 8.06. The van der Waals surface area contributed by atoms with Gasteiger partial charge in [0.05, 0.1) is 5.69 Å². The Balaban J connectivity index is 3.31. The third kappa shape index (κ3) is 4.86. The minimum Gasteiger partial charge on any atom is -0.345 e. The highest BCUT2D eigenvalue weighted by molar-refractivity contribution is 5.31. The molecule has 0 saturated heterocycles. The van der Waals surface area contributed by atoms with E-state index in [0.717, 1.165) is 6.42 Å². The second-order valence-electron chi connectivity index (χ2n) is 9.52. The molecule has 0 bridgehead atoms. The molecule has 1 N–H and O–H groups in total. The van der Waals surface area contributed by atoms with Crippen LogP contribution in [-0.4, -0.2) is 9.97 Å². The lowest BCUT2D eigenvalue weighted by atomic mass is 9.76. The van der Waals surface area contributed by atoms with Crippen molar-refractivity contribution in [3.8, 4) is 0 Å². The molecule has 0 aromatic carbocycles. The molecule has 1 aromatic rings. The molecule has 0 aliphatic rings. The Hall–Kier alpha value is -0.790. The van der Waals surface area contributed by atoms with Gasteiger partial charge in [-0.15, -0.1) is 0 Å². The molecule has 0 aliphatic heterocycles. The average Bonchev–Trinajstić information content (AvgIpc) is 2.95. The zero-order valence-corrected chi connectivity index (χ0v) is 17.9. The molecule has 140 valence electrons. The molecule has 2 nitrogen and oxygen atoms in total. The first-order valence-corrected chi connectivity index (χ1v) is 10.1. The maximum Gasteiger partial charge on any atom is 0.112 e. The summed E-state index contributed by atoms with van der Waals surface area (Å²) in [6, 6.07) is 0. The van der Waals surface area contributed by atoms with E-state index in [2.05, 4.69) is 67.3 Å². The molecule has 2 heteroatoms. The van der Waals surface area contributed by atoms with Crippen molar-refractivity contribution in [2.75, 3.05) is 0 Å². The largest absolute Gasteiger partial charge is 0.345 e. The van der Waals surface area contributed by atoms with Crippen molar-refractivity contribution in [1.29, 1.82) is 0 Å². The van der Waals surface area contributed by atoms with Gasteiger partial charge in [0.2, 0.25) is 0 Å². The predicted molar refractivity (Wildman–Crippen MR) is 107 cm³/mol. The van der Waals surface area contributed by atoms with E-state index in [9.17, 15) is 0 Å². The molecular weight excluding hydrogens is 292 g/mol. The summed E-state index contributed by atoms with van der Waals surface area (Å²) in [6.45, 7) is 20.9. The van der Waals surface area contributed by atoms with Crippen LogP contribution < -0.4 is 0 Å². The molecule has 24 heavy (non-hydrogen) atoms. The van der Waals surface area contributed by atoms with Gasteiger partial charge in [0.25, 0.3) is 0 Å². The number of hydrogen-bond donors (Lipinski definition) is 1. The quantitative estimate of drug-likeness (QED) is 0.457. The Morgan fingerprint density at radius 2 is 1.38 bits per heavy atom. The highest BCUT2D eigenvalue weighted by Gasteiger charge is 2.36. The Bertz CT molecular complexity index is 506. The Morgan fingerprint density at radius 3 is 1.88 bits per heavy atom. The van der Waals surface area contributed by atoms with E-state index in [4.69, 9.17) is 4.98 Å². The Kier molecular flexibility index (Phi) is 7.14. The number of aromatic amines is 1. The molecule has 0 spiro atoms. The van der Waals surface area contributed by atoms with Gasteiger partial charge in [-0.1, -0.05) is 88.0 Å². The van der Waals surface area contributed by atoms with Gasteiger partial charge in [0, 0.05) is 21.9 Å². The first kappa shape index (κ1) is 21.3. The lowest BCUT2D eigenvalue weighted by molar-refractivity contribution is 0.421. The van der Waals surface area contributed by atoms with Gasteiger partial charge in [0.1, 0.15) is 5.82 Å². The van der Waals surface area contributed by atoms with Gasteiger partial charge in [-0.3, -0.25) is 0 Å². The summed E-state index contributed by atoms with van der Waals surface area (Å²) >= 11 is 0. The lowest BCUT2D eigenvalue weighted by Gasteiger charge is -2.29. The number of aromatic nitrogens is 2. The lowest BCUT2D eigenvalue weighted by Crippen LogP contribution is -2.26.